The van der Waals surface area contributed by atoms with Gasteiger partial charge in [-0.2, -0.15) is 0 Å². The molecule has 0 fully saturated rings. The van der Waals surface area contributed by atoms with E-state index in [1.165, 1.54) is 0 Å². The number of anilines is 1. The molecule has 0 atom stereocenters. The van der Waals surface area contributed by atoms with Crippen molar-refractivity contribution in [3.05, 3.63) is 63.6 Å². The third-order valence-corrected chi connectivity index (χ3v) is 3.22. The molecule has 0 radical (unpaired) electrons. The summed E-state index contributed by atoms with van der Waals surface area (Å²) in [7, 11) is 0. The summed E-state index contributed by atoms with van der Waals surface area (Å²) >= 11 is 3.36. The highest BCUT2D eigenvalue weighted by atomic mass is 79.9. The van der Waals surface area contributed by atoms with Crippen molar-refractivity contribution in [3.8, 4) is 0 Å². The van der Waals surface area contributed by atoms with Gasteiger partial charge in [-0.1, -0.05) is 34.1 Å². The third kappa shape index (κ3) is 2.99. The van der Waals surface area contributed by atoms with Crippen LogP contribution in [0.5, 0.6) is 0 Å². The number of amides is 1. The third-order valence-electron chi connectivity index (χ3n) is 2.73. The number of hydrogen-bond donors (Lipinski definition) is 1. The monoisotopic (exact) mass is 303 g/mol. The van der Waals surface area contributed by atoms with Crippen molar-refractivity contribution in [2.24, 2.45) is 0 Å². The average Bonchev–Trinajstić information content (AvgIpc) is 2.34. The molecule has 2 nitrogen and oxygen atoms in total. The van der Waals surface area contributed by atoms with E-state index in [0.717, 1.165) is 21.3 Å². The Labute approximate surface area is 115 Å². The fraction of sp³-hybridized carbons (Fsp3) is 0.133. The number of hydrogen-bond acceptors (Lipinski definition) is 1. The van der Waals surface area contributed by atoms with Gasteiger partial charge in [-0.05, 0) is 49.2 Å². The minimum Gasteiger partial charge on any atom is -0.322 e. The highest BCUT2D eigenvalue weighted by Gasteiger charge is 2.07. The van der Waals surface area contributed by atoms with Crippen LogP contribution < -0.4 is 5.32 Å². The van der Waals surface area contributed by atoms with Gasteiger partial charge in [-0.3, -0.25) is 4.79 Å². The number of nitrogens with one attached hydrogen (secondary N) is 1. The predicted molar refractivity (Wildman–Crippen MR) is 78.0 cm³/mol. The fourth-order valence-corrected chi connectivity index (χ4v) is 2.09. The molecule has 0 unspecified atom stereocenters. The summed E-state index contributed by atoms with van der Waals surface area (Å²) in [6.45, 7) is 3.99. The van der Waals surface area contributed by atoms with E-state index in [1.54, 1.807) is 12.1 Å². The molecule has 2 rings (SSSR count). The van der Waals surface area contributed by atoms with Crippen LogP contribution in [0.25, 0.3) is 0 Å². The van der Waals surface area contributed by atoms with Crippen LogP contribution in [0.3, 0.4) is 0 Å². The SMILES string of the molecule is Cc1ccc(C)c(NC(=O)c2cccc(Br)c2)c1. The van der Waals surface area contributed by atoms with Crippen molar-refractivity contribution in [2.45, 2.75) is 13.8 Å². The summed E-state index contributed by atoms with van der Waals surface area (Å²) in [4.78, 5) is 12.1. The minimum atomic E-state index is -0.0926. The quantitative estimate of drug-likeness (QED) is 0.879. The van der Waals surface area contributed by atoms with Crippen molar-refractivity contribution < 1.29 is 4.79 Å². The first kappa shape index (κ1) is 12.8. The molecule has 0 aliphatic carbocycles. The Hall–Kier alpha value is -1.61. The molecule has 0 bridgehead atoms. The molecule has 92 valence electrons. The molecule has 0 aliphatic rings. The maximum atomic E-state index is 12.1. The molecule has 18 heavy (non-hydrogen) atoms. The maximum Gasteiger partial charge on any atom is 0.255 e. The average molecular weight is 304 g/mol. The molecule has 0 aliphatic heterocycles. The van der Waals surface area contributed by atoms with Gasteiger partial charge < -0.3 is 5.32 Å². The van der Waals surface area contributed by atoms with E-state index in [2.05, 4.69) is 21.2 Å². The molecule has 3 heteroatoms. The fourth-order valence-electron chi connectivity index (χ4n) is 1.69. The van der Waals surface area contributed by atoms with Gasteiger partial charge >= 0.3 is 0 Å². The zero-order valence-electron chi connectivity index (χ0n) is 10.3. The van der Waals surface area contributed by atoms with Crippen LogP contribution in [-0.2, 0) is 0 Å². The lowest BCUT2D eigenvalue weighted by Gasteiger charge is -2.09. The first-order valence-electron chi connectivity index (χ1n) is 5.70. The van der Waals surface area contributed by atoms with Crippen LogP contribution in [0.4, 0.5) is 5.69 Å². The van der Waals surface area contributed by atoms with E-state index in [0.29, 0.717) is 5.56 Å². The predicted octanol–water partition coefficient (Wildman–Crippen LogP) is 4.32. The highest BCUT2D eigenvalue weighted by molar-refractivity contribution is 9.10. The summed E-state index contributed by atoms with van der Waals surface area (Å²) in [6.07, 6.45) is 0. The Morgan fingerprint density at radius 2 is 1.89 bits per heavy atom. The minimum absolute atomic E-state index is 0.0926. The molecule has 1 N–H and O–H groups in total. The van der Waals surface area contributed by atoms with E-state index in [9.17, 15) is 4.79 Å². The number of carbonyl (C=O) groups excluding carboxylic acids is 1. The van der Waals surface area contributed by atoms with E-state index < -0.39 is 0 Å². The van der Waals surface area contributed by atoms with Crippen molar-refractivity contribution in [2.75, 3.05) is 5.32 Å². The number of carbonyl (C=O) groups is 1. The first-order valence-corrected chi connectivity index (χ1v) is 6.50. The van der Waals surface area contributed by atoms with Gasteiger partial charge in [0, 0.05) is 15.7 Å². The lowest BCUT2D eigenvalue weighted by Crippen LogP contribution is -2.12. The Bertz CT molecular complexity index is 593. The number of halogens is 1. The number of aryl methyl sites for hydroxylation is 2. The second kappa shape index (κ2) is 5.36. The molecular formula is C15H14BrNO. The van der Waals surface area contributed by atoms with Crippen LogP contribution in [0, 0.1) is 13.8 Å². The van der Waals surface area contributed by atoms with E-state index in [-0.39, 0.29) is 5.91 Å². The summed E-state index contributed by atoms with van der Waals surface area (Å²) < 4.78 is 0.899. The molecule has 0 spiro atoms. The first-order chi connectivity index (χ1) is 8.56. The van der Waals surface area contributed by atoms with E-state index in [1.807, 2.05) is 44.2 Å². The van der Waals surface area contributed by atoms with Gasteiger partial charge in [-0.25, -0.2) is 0 Å². The molecule has 2 aromatic rings. The molecule has 1 amide bonds. The Balaban J connectivity index is 2.24. The lowest BCUT2D eigenvalue weighted by atomic mass is 10.1. The number of rotatable bonds is 2. The van der Waals surface area contributed by atoms with Crippen molar-refractivity contribution in [3.63, 3.8) is 0 Å². The molecule has 0 heterocycles. The van der Waals surface area contributed by atoms with Crippen LogP contribution >= 0.6 is 15.9 Å². The topological polar surface area (TPSA) is 29.1 Å². The van der Waals surface area contributed by atoms with Crippen molar-refractivity contribution in [1.82, 2.24) is 0 Å². The second-order valence-corrected chi connectivity index (χ2v) is 5.20. The molecule has 0 saturated carbocycles. The zero-order valence-corrected chi connectivity index (χ0v) is 11.9. The summed E-state index contributed by atoms with van der Waals surface area (Å²) in [5.41, 5.74) is 3.69. The van der Waals surface area contributed by atoms with Crippen molar-refractivity contribution >= 4 is 27.5 Å². The smallest absolute Gasteiger partial charge is 0.255 e. The second-order valence-electron chi connectivity index (χ2n) is 4.28. The molecular weight excluding hydrogens is 290 g/mol. The number of benzene rings is 2. The van der Waals surface area contributed by atoms with Gasteiger partial charge in [0.15, 0.2) is 0 Å². The van der Waals surface area contributed by atoms with E-state index in [4.69, 9.17) is 0 Å². The summed E-state index contributed by atoms with van der Waals surface area (Å²) in [5, 5.41) is 2.93. The Morgan fingerprint density at radius 3 is 2.61 bits per heavy atom. The standard InChI is InChI=1S/C15H14BrNO/c1-10-6-7-11(2)14(8-10)17-15(18)12-4-3-5-13(16)9-12/h3-9H,1-2H3,(H,17,18). The molecule has 0 aromatic heterocycles. The highest BCUT2D eigenvalue weighted by Crippen LogP contribution is 2.18. The normalized spacial score (nSPS) is 10.2. The summed E-state index contributed by atoms with van der Waals surface area (Å²) in [5.74, 6) is -0.0926. The largest absolute Gasteiger partial charge is 0.322 e. The maximum absolute atomic E-state index is 12.1. The van der Waals surface area contributed by atoms with Gasteiger partial charge in [-0.15, -0.1) is 0 Å². The van der Waals surface area contributed by atoms with Crippen molar-refractivity contribution in [1.29, 1.82) is 0 Å². The van der Waals surface area contributed by atoms with Gasteiger partial charge in [0.2, 0.25) is 0 Å². The summed E-state index contributed by atoms with van der Waals surface area (Å²) in [6, 6.07) is 13.4. The van der Waals surface area contributed by atoms with Crippen LogP contribution in [0.2, 0.25) is 0 Å². The lowest BCUT2D eigenvalue weighted by molar-refractivity contribution is 0.102. The Kier molecular flexibility index (Phi) is 3.82. The molecule has 0 saturated heterocycles. The van der Waals surface area contributed by atoms with Crippen LogP contribution in [0.1, 0.15) is 21.5 Å². The van der Waals surface area contributed by atoms with Crippen LogP contribution in [0.15, 0.2) is 46.9 Å². The Morgan fingerprint density at radius 1 is 1.11 bits per heavy atom. The molecule has 2 aromatic carbocycles. The van der Waals surface area contributed by atoms with Gasteiger partial charge in [0.05, 0.1) is 0 Å². The van der Waals surface area contributed by atoms with E-state index >= 15 is 0 Å². The zero-order chi connectivity index (χ0) is 13.1. The van der Waals surface area contributed by atoms with Gasteiger partial charge in [0.25, 0.3) is 5.91 Å². The van der Waals surface area contributed by atoms with Crippen LogP contribution in [-0.4, -0.2) is 5.91 Å². The van der Waals surface area contributed by atoms with Gasteiger partial charge in [0.1, 0.15) is 0 Å².